The average Bonchev–Trinajstić information content (AvgIpc) is 2.89. The minimum absolute atomic E-state index is 0.0518. The molecular formula is C16H14FNOS2. The Labute approximate surface area is 131 Å². The molecule has 1 amide bonds. The molecule has 0 aromatic heterocycles. The smallest absolute Gasteiger partial charge is 0.238 e. The van der Waals surface area contributed by atoms with E-state index in [1.165, 1.54) is 22.7 Å². The summed E-state index contributed by atoms with van der Waals surface area (Å²) in [4.78, 5) is 14.9. The lowest BCUT2D eigenvalue weighted by atomic mass is 10.2. The van der Waals surface area contributed by atoms with Crippen molar-refractivity contribution < 1.29 is 9.18 Å². The van der Waals surface area contributed by atoms with Gasteiger partial charge in [-0.15, -0.1) is 23.5 Å². The molecule has 2 nitrogen and oxygen atoms in total. The Balaban J connectivity index is 1.97. The van der Waals surface area contributed by atoms with Crippen LogP contribution in [0.25, 0.3) is 0 Å². The summed E-state index contributed by atoms with van der Waals surface area (Å²) in [5.41, 5.74) is 1.37. The number of rotatable bonds is 3. The molecule has 0 saturated carbocycles. The average molecular weight is 319 g/mol. The third kappa shape index (κ3) is 2.80. The van der Waals surface area contributed by atoms with Gasteiger partial charge in [0, 0.05) is 4.90 Å². The SMILES string of the molecule is CSc1ccc([C@@H]2SCC(=O)N2c2ccccc2F)cc1. The minimum Gasteiger partial charge on any atom is -0.292 e. The number of carbonyl (C=O) groups is 1. The fourth-order valence-electron chi connectivity index (χ4n) is 2.35. The summed E-state index contributed by atoms with van der Waals surface area (Å²) >= 11 is 3.20. The molecule has 0 N–H and O–H groups in total. The van der Waals surface area contributed by atoms with Crippen molar-refractivity contribution in [3.63, 3.8) is 0 Å². The molecule has 0 bridgehead atoms. The van der Waals surface area contributed by atoms with Gasteiger partial charge in [0.15, 0.2) is 0 Å². The molecule has 1 atom stereocenters. The highest BCUT2D eigenvalue weighted by molar-refractivity contribution is 8.00. The predicted octanol–water partition coefficient (Wildman–Crippen LogP) is 4.33. The highest BCUT2D eigenvalue weighted by atomic mass is 32.2. The van der Waals surface area contributed by atoms with Gasteiger partial charge in [0.25, 0.3) is 0 Å². The van der Waals surface area contributed by atoms with Crippen molar-refractivity contribution in [2.24, 2.45) is 0 Å². The van der Waals surface area contributed by atoms with Crippen LogP contribution in [0.5, 0.6) is 0 Å². The van der Waals surface area contributed by atoms with E-state index < -0.39 is 0 Å². The van der Waals surface area contributed by atoms with E-state index in [4.69, 9.17) is 0 Å². The number of benzene rings is 2. The van der Waals surface area contributed by atoms with Crippen molar-refractivity contribution in [3.8, 4) is 0 Å². The van der Waals surface area contributed by atoms with Crippen LogP contribution in [-0.4, -0.2) is 17.9 Å². The standard InChI is InChI=1S/C16H14FNOS2/c1-20-12-8-6-11(7-9-12)16-18(15(19)10-21-16)14-5-3-2-4-13(14)17/h2-9,16H,10H2,1H3/t16-/m0/s1. The van der Waals surface area contributed by atoms with Crippen LogP contribution in [0.15, 0.2) is 53.4 Å². The lowest BCUT2D eigenvalue weighted by Crippen LogP contribution is -2.28. The Bertz CT molecular complexity index is 660. The normalized spacial score (nSPS) is 18.3. The van der Waals surface area contributed by atoms with E-state index in [-0.39, 0.29) is 17.1 Å². The van der Waals surface area contributed by atoms with Gasteiger partial charge in [-0.05, 0) is 36.1 Å². The van der Waals surface area contributed by atoms with Crippen LogP contribution >= 0.6 is 23.5 Å². The predicted molar refractivity (Wildman–Crippen MR) is 87.3 cm³/mol. The molecule has 2 aromatic rings. The number of nitrogens with zero attached hydrogens (tertiary/aromatic N) is 1. The highest BCUT2D eigenvalue weighted by Crippen LogP contribution is 2.42. The van der Waals surface area contributed by atoms with E-state index in [0.717, 1.165) is 5.56 Å². The van der Waals surface area contributed by atoms with Crippen molar-refractivity contribution in [2.75, 3.05) is 16.9 Å². The third-order valence-corrected chi connectivity index (χ3v) is 5.34. The molecule has 21 heavy (non-hydrogen) atoms. The number of para-hydroxylation sites is 1. The zero-order valence-electron chi connectivity index (χ0n) is 11.5. The van der Waals surface area contributed by atoms with Crippen LogP contribution < -0.4 is 4.90 Å². The van der Waals surface area contributed by atoms with Gasteiger partial charge in [-0.1, -0.05) is 24.3 Å². The molecule has 1 aliphatic rings. The summed E-state index contributed by atoms with van der Waals surface area (Å²) < 4.78 is 14.0. The van der Waals surface area contributed by atoms with Gasteiger partial charge in [0.2, 0.25) is 5.91 Å². The Kier molecular flexibility index (Phi) is 4.22. The van der Waals surface area contributed by atoms with Crippen molar-refractivity contribution in [2.45, 2.75) is 10.3 Å². The summed E-state index contributed by atoms with van der Waals surface area (Å²) in [6, 6.07) is 14.5. The van der Waals surface area contributed by atoms with E-state index in [2.05, 4.69) is 0 Å². The molecule has 0 radical (unpaired) electrons. The van der Waals surface area contributed by atoms with Crippen molar-refractivity contribution in [1.82, 2.24) is 0 Å². The lowest BCUT2D eigenvalue weighted by molar-refractivity contribution is -0.115. The first kappa shape index (κ1) is 14.5. The first-order chi connectivity index (χ1) is 10.2. The zero-order chi connectivity index (χ0) is 14.8. The van der Waals surface area contributed by atoms with E-state index >= 15 is 0 Å². The van der Waals surface area contributed by atoms with Gasteiger partial charge in [0.05, 0.1) is 11.4 Å². The highest BCUT2D eigenvalue weighted by Gasteiger charge is 2.35. The van der Waals surface area contributed by atoms with Crippen molar-refractivity contribution in [1.29, 1.82) is 0 Å². The van der Waals surface area contributed by atoms with Crippen LogP contribution in [0.3, 0.4) is 0 Å². The molecule has 0 aliphatic carbocycles. The lowest BCUT2D eigenvalue weighted by Gasteiger charge is -2.24. The first-order valence-corrected chi connectivity index (χ1v) is 8.80. The molecule has 5 heteroatoms. The van der Waals surface area contributed by atoms with Crippen molar-refractivity contribution >= 4 is 35.1 Å². The Morgan fingerprint density at radius 1 is 1.19 bits per heavy atom. The molecule has 1 saturated heterocycles. The summed E-state index contributed by atoms with van der Waals surface area (Å²) in [6.45, 7) is 0. The van der Waals surface area contributed by atoms with E-state index in [1.807, 2.05) is 30.5 Å². The first-order valence-electron chi connectivity index (χ1n) is 6.53. The van der Waals surface area contributed by atoms with E-state index in [9.17, 15) is 9.18 Å². The number of amides is 1. The second kappa shape index (κ2) is 6.12. The second-order valence-electron chi connectivity index (χ2n) is 4.65. The number of anilines is 1. The summed E-state index contributed by atoms with van der Waals surface area (Å²) in [5, 5.41) is -0.162. The summed E-state index contributed by atoms with van der Waals surface area (Å²) in [7, 11) is 0. The molecule has 0 spiro atoms. The van der Waals surface area contributed by atoms with Crippen LogP contribution in [0.1, 0.15) is 10.9 Å². The fourth-order valence-corrected chi connectivity index (χ4v) is 3.92. The quantitative estimate of drug-likeness (QED) is 0.786. The van der Waals surface area contributed by atoms with Gasteiger partial charge in [-0.25, -0.2) is 4.39 Å². The topological polar surface area (TPSA) is 20.3 Å². The Hall–Kier alpha value is -1.46. The Morgan fingerprint density at radius 2 is 1.90 bits per heavy atom. The number of thioether (sulfide) groups is 2. The number of hydrogen-bond acceptors (Lipinski definition) is 3. The molecule has 1 aliphatic heterocycles. The number of carbonyl (C=O) groups excluding carboxylic acids is 1. The van der Waals surface area contributed by atoms with Gasteiger partial charge in [-0.2, -0.15) is 0 Å². The summed E-state index contributed by atoms with van der Waals surface area (Å²) in [6.07, 6.45) is 2.02. The molecular weight excluding hydrogens is 305 g/mol. The Morgan fingerprint density at radius 3 is 2.57 bits per heavy atom. The number of halogens is 1. The molecule has 1 fully saturated rings. The zero-order valence-corrected chi connectivity index (χ0v) is 13.1. The van der Waals surface area contributed by atoms with E-state index in [0.29, 0.717) is 11.4 Å². The van der Waals surface area contributed by atoms with Gasteiger partial charge in [-0.3, -0.25) is 9.69 Å². The largest absolute Gasteiger partial charge is 0.292 e. The number of hydrogen-bond donors (Lipinski definition) is 0. The van der Waals surface area contributed by atoms with Crippen molar-refractivity contribution in [3.05, 3.63) is 59.9 Å². The van der Waals surface area contributed by atoms with Crippen LogP contribution in [-0.2, 0) is 4.79 Å². The van der Waals surface area contributed by atoms with Gasteiger partial charge in [0.1, 0.15) is 11.2 Å². The van der Waals surface area contributed by atoms with Crippen LogP contribution in [0.2, 0.25) is 0 Å². The minimum atomic E-state index is -0.362. The van der Waals surface area contributed by atoms with E-state index in [1.54, 1.807) is 34.9 Å². The molecule has 3 rings (SSSR count). The molecule has 2 aromatic carbocycles. The maximum Gasteiger partial charge on any atom is 0.238 e. The molecule has 0 unspecified atom stereocenters. The fraction of sp³-hybridized carbons (Fsp3) is 0.188. The molecule has 1 heterocycles. The van der Waals surface area contributed by atoms with Crippen LogP contribution in [0.4, 0.5) is 10.1 Å². The van der Waals surface area contributed by atoms with Gasteiger partial charge < -0.3 is 0 Å². The maximum absolute atomic E-state index is 14.0. The molecule has 108 valence electrons. The second-order valence-corrected chi connectivity index (χ2v) is 6.60. The van der Waals surface area contributed by atoms with Gasteiger partial charge >= 0.3 is 0 Å². The summed E-state index contributed by atoms with van der Waals surface area (Å²) in [5.74, 6) is -0.0355. The van der Waals surface area contributed by atoms with Crippen LogP contribution in [0, 0.1) is 5.82 Å². The monoisotopic (exact) mass is 319 g/mol. The maximum atomic E-state index is 14.0. The third-order valence-electron chi connectivity index (χ3n) is 3.38.